The fraction of sp³-hybridized carbons (Fsp3) is 0.812. The summed E-state index contributed by atoms with van der Waals surface area (Å²) in [5.74, 6) is 2.29. The number of amides is 2. The minimum Gasteiger partial charge on any atom is -0.332 e. The lowest BCUT2D eigenvalue weighted by Gasteiger charge is -2.63. The summed E-state index contributed by atoms with van der Waals surface area (Å²) < 4.78 is 0. The number of rotatable bonds is 3. The van der Waals surface area contributed by atoms with E-state index >= 15 is 0 Å². The van der Waals surface area contributed by atoms with E-state index in [-0.39, 0.29) is 11.6 Å². The van der Waals surface area contributed by atoms with Crippen molar-refractivity contribution in [3.63, 3.8) is 0 Å². The summed E-state index contributed by atoms with van der Waals surface area (Å²) in [6, 6.07) is -0.113. The molecule has 1 heterocycles. The second kappa shape index (κ2) is 4.91. The second-order valence-electron chi connectivity index (χ2n) is 8.08. The lowest BCUT2D eigenvalue weighted by atomic mass is 9.44. The van der Waals surface area contributed by atoms with E-state index in [1.807, 2.05) is 0 Å². The Hall–Kier alpha value is -1.17. The smallest absolute Gasteiger partial charge is 0.321 e. The van der Waals surface area contributed by atoms with E-state index in [9.17, 15) is 4.79 Å². The molecule has 120 valence electrons. The normalized spacial score (nSPS) is 39.2. The van der Waals surface area contributed by atoms with Crippen molar-refractivity contribution in [2.24, 2.45) is 23.2 Å². The first-order valence-corrected chi connectivity index (χ1v) is 9.22. The van der Waals surface area contributed by atoms with Gasteiger partial charge in [0, 0.05) is 5.54 Å². The molecule has 22 heavy (non-hydrogen) atoms. The van der Waals surface area contributed by atoms with Crippen LogP contribution in [-0.4, -0.2) is 21.8 Å². The maximum absolute atomic E-state index is 12.4. The minimum absolute atomic E-state index is 0.00310. The molecule has 0 aromatic carbocycles. The summed E-state index contributed by atoms with van der Waals surface area (Å²) in [6.07, 6.45) is 7.55. The minimum atomic E-state index is -0.113. The Labute approximate surface area is 135 Å². The number of carbonyl (C=O) groups is 1. The number of urea groups is 1. The van der Waals surface area contributed by atoms with Crippen LogP contribution in [0.4, 0.5) is 9.93 Å². The average Bonchev–Trinajstić information content (AvgIpc) is 2.88. The van der Waals surface area contributed by atoms with Gasteiger partial charge in [-0.1, -0.05) is 25.2 Å². The molecule has 4 bridgehead atoms. The Morgan fingerprint density at radius 2 is 2.05 bits per heavy atom. The van der Waals surface area contributed by atoms with Crippen molar-refractivity contribution in [3.8, 4) is 0 Å². The van der Waals surface area contributed by atoms with Gasteiger partial charge in [-0.2, -0.15) is 0 Å². The van der Waals surface area contributed by atoms with Gasteiger partial charge in [0.15, 0.2) is 0 Å². The molecule has 1 aromatic heterocycles. The van der Waals surface area contributed by atoms with Gasteiger partial charge in [0.25, 0.3) is 0 Å². The van der Waals surface area contributed by atoms with Gasteiger partial charge < -0.3 is 5.32 Å². The first-order chi connectivity index (χ1) is 10.5. The van der Waals surface area contributed by atoms with E-state index < -0.39 is 0 Å². The van der Waals surface area contributed by atoms with Crippen molar-refractivity contribution < 1.29 is 4.79 Å². The molecule has 0 radical (unpaired) electrons. The van der Waals surface area contributed by atoms with E-state index in [1.165, 1.54) is 30.6 Å². The van der Waals surface area contributed by atoms with Gasteiger partial charge in [-0.3, -0.25) is 5.32 Å². The largest absolute Gasteiger partial charge is 0.332 e. The van der Waals surface area contributed by atoms with Crippen molar-refractivity contribution in [2.45, 2.75) is 57.9 Å². The fourth-order valence-corrected chi connectivity index (χ4v) is 6.19. The van der Waals surface area contributed by atoms with Crippen molar-refractivity contribution in [2.75, 3.05) is 5.32 Å². The third-order valence-electron chi connectivity index (χ3n) is 6.29. The summed E-state index contributed by atoms with van der Waals surface area (Å²) >= 11 is 1.35. The van der Waals surface area contributed by atoms with Gasteiger partial charge in [0.2, 0.25) is 5.13 Å². The van der Waals surface area contributed by atoms with Crippen LogP contribution in [0.2, 0.25) is 0 Å². The first-order valence-electron chi connectivity index (χ1n) is 8.34. The fourth-order valence-electron chi connectivity index (χ4n) is 5.75. The van der Waals surface area contributed by atoms with Gasteiger partial charge >= 0.3 is 6.03 Å². The molecule has 0 saturated heterocycles. The van der Waals surface area contributed by atoms with Gasteiger partial charge in [0.05, 0.1) is 0 Å². The molecule has 0 spiro atoms. The zero-order valence-electron chi connectivity index (χ0n) is 13.3. The Bertz CT molecular complexity index is 557. The van der Waals surface area contributed by atoms with Crippen molar-refractivity contribution in [3.05, 3.63) is 5.51 Å². The molecule has 0 aliphatic heterocycles. The van der Waals surface area contributed by atoms with Gasteiger partial charge in [-0.15, -0.1) is 10.2 Å². The lowest BCUT2D eigenvalue weighted by Crippen LogP contribution is -2.64. The van der Waals surface area contributed by atoms with Gasteiger partial charge in [0.1, 0.15) is 5.51 Å². The average molecular weight is 320 g/mol. The summed E-state index contributed by atoms with van der Waals surface area (Å²) in [6.45, 7) is 4.73. The zero-order valence-corrected chi connectivity index (χ0v) is 14.1. The van der Waals surface area contributed by atoms with E-state index in [4.69, 9.17) is 0 Å². The Kier molecular flexibility index (Phi) is 3.22. The van der Waals surface area contributed by atoms with Crippen LogP contribution in [0.15, 0.2) is 5.51 Å². The Balaban J connectivity index is 1.52. The molecule has 4 saturated carbocycles. The van der Waals surface area contributed by atoms with Crippen LogP contribution in [0, 0.1) is 23.2 Å². The van der Waals surface area contributed by atoms with Crippen LogP contribution in [-0.2, 0) is 0 Å². The summed E-state index contributed by atoms with van der Waals surface area (Å²) in [7, 11) is 0. The number of nitrogens with one attached hydrogen (secondary N) is 2. The molecule has 4 fully saturated rings. The van der Waals surface area contributed by atoms with E-state index in [1.54, 1.807) is 5.51 Å². The number of anilines is 1. The Morgan fingerprint density at radius 1 is 1.32 bits per heavy atom. The molecule has 4 aliphatic rings. The van der Waals surface area contributed by atoms with Gasteiger partial charge in [-0.25, -0.2) is 4.79 Å². The number of carbonyl (C=O) groups excluding carboxylic acids is 1. The van der Waals surface area contributed by atoms with Crippen LogP contribution in [0.25, 0.3) is 0 Å². The monoisotopic (exact) mass is 320 g/mol. The van der Waals surface area contributed by atoms with Crippen molar-refractivity contribution >= 4 is 22.5 Å². The highest BCUT2D eigenvalue weighted by molar-refractivity contribution is 7.13. The second-order valence-corrected chi connectivity index (χ2v) is 8.91. The SMILES string of the molecule is CC(C)C12C[C@@H]3C[C@H](CC(NC(=O)Nc4nncs4)(C3)C1)C2. The van der Waals surface area contributed by atoms with Crippen molar-refractivity contribution in [1.29, 1.82) is 0 Å². The molecule has 4 aliphatic carbocycles. The lowest BCUT2D eigenvalue weighted by molar-refractivity contribution is -0.0994. The predicted octanol–water partition coefficient (Wildman–Crippen LogP) is 3.65. The maximum Gasteiger partial charge on any atom is 0.321 e. The van der Waals surface area contributed by atoms with E-state index in [2.05, 4.69) is 34.7 Å². The Morgan fingerprint density at radius 3 is 2.64 bits per heavy atom. The zero-order chi connectivity index (χ0) is 15.4. The molecular formula is C16H24N4OS. The first kappa shape index (κ1) is 14.4. The molecule has 2 atom stereocenters. The molecule has 6 heteroatoms. The van der Waals surface area contributed by atoms with E-state index in [0.29, 0.717) is 16.5 Å². The number of hydrogen-bond acceptors (Lipinski definition) is 4. The number of aromatic nitrogens is 2. The third kappa shape index (κ3) is 2.32. The van der Waals surface area contributed by atoms with Gasteiger partial charge in [-0.05, 0) is 61.7 Å². The highest BCUT2D eigenvalue weighted by Gasteiger charge is 2.58. The predicted molar refractivity (Wildman–Crippen MR) is 86.7 cm³/mol. The molecule has 5 rings (SSSR count). The number of hydrogen-bond donors (Lipinski definition) is 2. The maximum atomic E-state index is 12.4. The van der Waals surface area contributed by atoms with Crippen LogP contribution in [0.1, 0.15) is 52.4 Å². The molecule has 1 aromatic rings. The number of nitrogens with zero attached hydrogens (tertiary/aromatic N) is 2. The molecule has 2 N–H and O–H groups in total. The summed E-state index contributed by atoms with van der Waals surface area (Å²) in [5, 5.41) is 14.4. The van der Waals surface area contributed by atoms with E-state index in [0.717, 1.165) is 31.1 Å². The highest BCUT2D eigenvalue weighted by Crippen LogP contribution is 2.64. The van der Waals surface area contributed by atoms with Crippen LogP contribution >= 0.6 is 11.3 Å². The van der Waals surface area contributed by atoms with Crippen LogP contribution < -0.4 is 10.6 Å². The summed E-state index contributed by atoms with van der Waals surface area (Å²) in [5.41, 5.74) is 2.08. The third-order valence-corrected chi connectivity index (χ3v) is 6.90. The molecule has 0 unspecified atom stereocenters. The van der Waals surface area contributed by atoms with Crippen molar-refractivity contribution in [1.82, 2.24) is 15.5 Å². The summed E-state index contributed by atoms with van der Waals surface area (Å²) in [4.78, 5) is 12.4. The molecule has 5 nitrogen and oxygen atoms in total. The topological polar surface area (TPSA) is 66.9 Å². The standard InChI is InChI=1S/C16H24N4OS/c1-10(2)15-4-11-3-12(5-15)7-16(6-11,8-15)19-13(21)18-14-20-17-9-22-14/h9-12H,3-8H2,1-2H3,(H2,18,19,20,21)/t11-,12-,15?,16?/m0/s1. The quantitative estimate of drug-likeness (QED) is 0.893. The van der Waals surface area contributed by atoms with Crippen LogP contribution in [0.3, 0.4) is 0 Å². The highest BCUT2D eigenvalue weighted by atomic mass is 32.1. The molecule has 2 amide bonds. The van der Waals surface area contributed by atoms with Crippen LogP contribution in [0.5, 0.6) is 0 Å². The molecular weight excluding hydrogens is 296 g/mol.